The van der Waals surface area contributed by atoms with E-state index >= 15 is 0 Å². The SMILES string of the molecule is N#Cc1cc(NC2CCCc3ccc(O)cc32)ccc1F. The number of nitrogens with one attached hydrogen (secondary N) is 1. The van der Waals surface area contributed by atoms with Gasteiger partial charge in [-0.2, -0.15) is 5.26 Å². The number of halogens is 1. The van der Waals surface area contributed by atoms with Gasteiger partial charge in [-0.15, -0.1) is 0 Å². The fourth-order valence-corrected chi connectivity index (χ4v) is 2.84. The number of rotatable bonds is 2. The summed E-state index contributed by atoms with van der Waals surface area (Å²) >= 11 is 0. The molecule has 3 nitrogen and oxygen atoms in total. The second-order valence-corrected chi connectivity index (χ2v) is 5.28. The molecule has 1 unspecified atom stereocenters. The van der Waals surface area contributed by atoms with Crippen LogP contribution in [-0.4, -0.2) is 5.11 Å². The first kappa shape index (κ1) is 13.4. The summed E-state index contributed by atoms with van der Waals surface area (Å²) in [5.74, 6) is -0.260. The Morgan fingerprint density at radius 1 is 1.24 bits per heavy atom. The number of phenolic OH excluding ortho intramolecular Hbond substituents is 1. The zero-order chi connectivity index (χ0) is 14.8. The molecule has 2 N–H and O–H groups in total. The van der Waals surface area contributed by atoms with Gasteiger partial charge in [0.05, 0.1) is 11.6 Å². The largest absolute Gasteiger partial charge is 0.508 e. The Morgan fingerprint density at radius 2 is 2.10 bits per heavy atom. The summed E-state index contributed by atoms with van der Waals surface area (Å²) in [6, 6.07) is 11.8. The van der Waals surface area contributed by atoms with Gasteiger partial charge < -0.3 is 10.4 Å². The molecule has 4 heteroatoms. The predicted molar refractivity (Wildman–Crippen MR) is 78.5 cm³/mol. The quantitative estimate of drug-likeness (QED) is 0.878. The molecule has 0 saturated carbocycles. The fourth-order valence-electron chi connectivity index (χ4n) is 2.84. The van der Waals surface area contributed by atoms with Crippen molar-refractivity contribution in [3.8, 4) is 11.8 Å². The van der Waals surface area contributed by atoms with E-state index in [-0.39, 0.29) is 17.4 Å². The Morgan fingerprint density at radius 3 is 2.90 bits per heavy atom. The highest BCUT2D eigenvalue weighted by atomic mass is 19.1. The standard InChI is InChI=1S/C17H15FN2O/c18-16-7-5-13(8-12(16)10-19)20-17-3-1-2-11-4-6-14(21)9-15(11)17/h4-9,17,20-21H,1-3H2. The normalized spacial score (nSPS) is 16.9. The first-order valence-corrected chi connectivity index (χ1v) is 6.95. The van der Waals surface area contributed by atoms with E-state index in [0.29, 0.717) is 5.69 Å². The van der Waals surface area contributed by atoms with E-state index in [1.54, 1.807) is 18.2 Å². The third-order valence-corrected chi connectivity index (χ3v) is 3.87. The molecule has 1 aliphatic carbocycles. The first-order valence-electron chi connectivity index (χ1n) is 6.95. The van der Waals surface area contributed by atoms with E-state index in [9.17, 15) is 9.50 Å². The fraction of sp³-hybridized carbons (Fsp3) is 0.235. The highest BCUT2D eigenvalue weighted by Gasteiger charge is 2.20. The van der Waals surface area contributed by atoms with Gasteiger partial charge in [0.1, 0.15) is 17.6 Å². The van der Waals surface area contributed by atoms with Gasteiger partial charge in [0.25, 0.3) is 0 Å². The molecule has 3 rings (SSSR count). The lowest BCUT2D eigenvalue weighted by Crippen LogP contribution is -2.17. The minimum atomic E-state index is -0.510. The molecule has 0 bridgehead atoms. The van der Waals surface area contributed by atoms with Gasteiger partial charge >= 0.3 is 0 Å². The Hall–Kier alpha value is -2.54. The molecule has 0 aliphatic heterocycles. The molecule has 1 atom stereocenters. The minimum absolute atomic E-state index is 0.0342. The topological polar surface area (TPSA) is 56.0 Å². The van der Waals surface area contributed by atoms with Crippen LogP contribution in [0, 0.1) is 17.1 Å². The van der Waals surface area contributed by atoms with Gasteiger partial charge in [0.15, 0.2) is 0 Å². The third-order valence-electron chi connectivity index (χ3n) is 3.87. The van der Waals surface area contributed by atoms with Gasteiger partial charge in [-0.1, -0.05) is 6.07 Å². The Balaban J connectivity index is 1.90. The maximum atomic E-state index is 13.4. The molecule has 0 aromatic heterocycles. The number of aromatic hydroxyl groups is 1. The van der Waals surface area contributed by atoms with Gasteiger partial charge in [-0.3, -0.25) is 0 Å². The van der Waals surface area contributed by atoms with Crippen molar-refractivity contribution in [2.75, 3.05) is 5.32 Å². The van der Waals surface area contributed by atoms with Crippen LogP contribution in [0.5, 0.6) is 5.75 Å². The summed E-state index contributed by atoms with van der Waals surface area (Å²) < 4.78 is 13.4. The van der Waals surface area contributed by atoms with E-state index in [4.69, 9.17) is 5.26 Å². The van der Waals surface area contributed by atoms with Gasteiger partial charge in [-0.05, 0) is 60.7 Å². The molecule has 2 aromatic carbocycles. The van der Waals surface area contributed by atoms with Crippen LogP contribution in [0.4, 0.5) is 10.1 Å². The van der Waals surface area contributed by atoms with Crippen LogP contribution in [0.25, 0.3) is 0 Å². The molecule has 0 fully saturated rings. The minimum Gasteiger partial charge on any atom is -0.508 e. The summed E-state index contributed by atoms with van der Waals surface area (Å²) in [6.45, 7) is 0. The van der Waals surface area contributed by atoms with E-state index in [2.05, 4.69) is 5.32 Å². The molecular formula is C17H15FN2O. The second kappa shape index (κ2) is 5.45. The van der Waals surface area contributed by atoms with Gasteiger partial charge in [0, 0.05) is 5.69 Å². The Kier molecular flexibility index (Phi) is 3.49. The van der Waals surface area contributed by atoms with Crippen molar-refractivity contribution < 1.29 is 9.50 Å². The molecule has 0 saturated heterocycles. The smallest absolute Gasteiger partial charge is 0.141 e. The number of aryl methyl sites for hydroxylation is 1. The van der Waals surface area contributed by atoms with Crippen molar-refractivity contribution >= 4 is 5.69 Å². The monoisotopic (exact) mass is 282 g/mol. The number of anilines is 1. The number of nitrogens with zero attached hydrogens (tertiary/aromatic N) is 1. The number of hydrogen-bond donors (Lipinski definition) is 2. The zero-order valence-corrected chi connectivity index (χ0v) is 11.4. The Bertz CT molecular complexity index is 721. The van der Waals surface area contributed by atoms with Gasteiger partial charge in [-0.25, -0.2) is 4.39 Å². The van der Waals surface area contributed by atoms with Crippen molar-refractivity contribution in [2.45, 2.75) is 25.3 Å². The lowest BCUT2D eigenvalue weighted by atomic mass is 9.87. The van der Waals surface area contributed by atoms with Crippen LogP contribution in [0.1, 0.15) is 35.6 Å². The van der Waals surface area contributed by atoms with Gasteiger partial charge in [0.2, 0.25) is 0 Å². The highest BCUT2D eigenvalue weighted by Crippen LogP contribution is 2.34. The molecule has 1 aliphatic rings. The van der Waals surface area contributed by atoms with Crippen molar-refractivity contribution in [3.63, 3.8) is 0 Å². The maximum Gasteiger partial charge on any atom is 0.141 e. The molecule has 0 amide bonds. The molecule has 0 spiro atoms. The summed E-state index contributed by atoms with van der Waals surface area (Å²) in [6.07, 6.45) is 3.00. The second-order valence-electron chi connectivity index (χ2n) is 5.28. The third kappa shape index (κ3) is 2.68. The number of phenols is 1. The Labute approximate surface area is 122 Å². The number of benzene rings is 2. The number of fused-ring (bicyclic) bond motifs is 1. The van der Waals surface area contributed by atoms with Crippen LogP contribution in [0.15, 0.2) is 36.4 Å². The van der Waals surface area contributed by atoms with Crippen LogP contribution < -0.4 is 5.32 Å². The zero-order valence-electron chi connectivity index (χ0n) is 11.4. The van der Waals surface area contributed by atoms with Crippen molar-refractivity contribution in [1.82, 2.24) is 0 Å². The average molecular weight is 282 g/mol. The summed E-state index contributed by atoms with van der Waals surface area (Å²) in [4.78, 5) is 0. The van der Waals surface area contributed by atoms with Crippen LogP contribution >= 0.6 is 0 Å². The molecule has 0 radical (unpaired) electrons. The first-order chi connectivity index (χ1) is 10.2. The lowest BCUT2D eigenvalue weighted by molar-refractivity contribution is 0.471. The molecule has 0 heterocycles. The van der Waals surface area contributed by atoms with E-state index in [0.717, 1.165) is 24.8 Å². The molecule has 2 aromatic rings. The van der Waals surface area contributed by atoms with Crippen molar-refractivity contribution in [3.05, 3.63) is 58.9 Å². The lowest BCUT2D eigenvalue weighted by Gasteiger charge is -2.27. The summed E-state index contributed by atoms with van der Waals surface area (Å²) in [5, 5.41) is 21.9. The summed E-state index contributed by atoms with van der Waals surface area (Å²) in [5.41, 5.74) is 3.05. The van der Waals surface area contributed by atoms with E-state index in [1.807, 2.05) is 12.1 Å². The number of nitriles is 1. The van der Waals surface area contributed by atoms with Crippen molar-refractivity contribution in [1.29, 1.82) is 5.26 Å². The van der Waals surface area contributed by atoms with Crippen LogP contribution in [-0.2, 0) is 6.42 Å². The average Bonchev–Trinajstić information content (AvgIpc) is 2.50. The maximum absolute atomic E-state index is 13.4. The molecular weight excluding hydrogens is 267 g/mol. The van der Waals surface area contributed by atoms with Crippen LogP contribution in [0.3, 0.4) is 0 Å². The highest BCUT2D eigenvalue weighted by molar-refractivity contribution is 5.52. The van der Waals surface area contributed by atoms with E-state index in [1.165, 1.54) is 17.7 Å². The van der Waals surface area contributed by atoms with E-state index < -0.39 is 5.82 Å². The molecule has 21 heavy (non-hydrogen) atoms. The van der Waals surface area contributed by atoms with Crippen LogP contribution in [0.2, 0.25) is 0 Å². The van der Waals surface area contributed by atoms with Crippen molar-refractivity contribution in [2.24, 2.45) is 0 Å². The summed E-state index contributed by atoms with van der Waals surface area (Å²) in [7, 11) is 0. The number of hydrogen-bond acceptors (Lipinski definition) is 3. The predicted octanol–water partition coefficient (Wildman–Crippen LogP) is 3.89. The molecule has 106 valence electrons.